The molecule has 1 aliphatic heterocycles. The van der Waals surface area contributed by atoms with Crippen molar-refractivity contribution in [2.45, 2.75) is 26.8 Å². The molecule has 7 nitrogen and oxygen atoms in total. The molecule has 1 fully saturated rings. The predicted octanol–water partition coefficient (Wildman–Crippen LogP) is 2.21. The van der Waals surface area contributed by atoms with E-state index in [2.05, 4.69) is 51.2 Å². The van der Waals surface area contributed by atoms with Gasteiger partial charge in [0.15, 0.2) is 5.52 Å². The van der Waals surface area contributed by atoms with Gasteiger partial charge >= 0.3 is 0 Å². The van der Waals surface area contributed by atoms with Crippen molar-refractivity contribution in [3.63, 3.8) is 0 Å². The molecule has 0 radical (unpaired) electrons. The SMILES string of the molecule is Cc1ccc(N2CCN(CCCn3ncc4c(C)onc4c3=O)CC2)cc1. The van der Waals surface area contributed by atoms with Gasteiger partial charge < -0.3 is 9.42 Å². The summed E-state index contributed by atoms with van der Waals surface area (Å²) in [6.07, 6.45) is 2.56. The molecule has 2 aromatic heterocycles. The average molecular weight is 367 g/mol. The summed E-state index contributed by atoms with van der Waals surface area (Å²) in [7, 11) is 0. The number of fused-ring (bicyclic) bond motifs is 1. The number of hydrogen-bond acceptors (Lipinski definition) is 6. The minimum Gasteiger partial charge on any atom is -0.369 e. The van der Waals surface area contributed by atoms with Crippen LogP contribution in [0.2, 0.25) is 0 Å². The van der Waals surface area contributed by atoms with E-state index in [-0.39, 0.29) is 5.56 Å². The van der Waals surface area contributed by atoms with Crippen LogP contribution < -0.4 is 10.5 Å². The summed E-state index contributed by atoms with van der Waals surface area (Å²) in [6.45, 7) is 9.61. The summed E-state index contributed by atoms with van der Waals surface area (Å²) in [5.41, 5.74) is 2.79. The number of aryl methyl sites for hydroxylation is 3. The lowest BCUT2D eigenvalue weighted by molar-refractivity contribution is 0.248. The minimum absolute atomic E-state index is 0.173. The molecule has 1 aromatic carbocycles. The fourth-order valence-electron chi connectivity index (χ4n) is 3.58. The van der Waals surface area contributed by atoms with E-state index in [0.717, 1.165) is 39.1 Å². The van der Waals surface area contributed by atoms with E-state index >= 15 is 0 Å². The lowest BCUT2D eigenvalue weighted by Gasteiger charge is -2.36. The molecule has 0 N–H and O–H groups in total. The van der Waals surface area contributed by atoms with Crippen molar-refractivity contribution in [3.8, 4) is 0 Å². The quantitative estimate of drug-likeness (QED) is 0.689. The Hall–Kier alpha value is -2.67. The van der Waals surface area contributed by atoms with Gasteiger partial charge in [-0.05, 0) is 32.4 Å². The van der Waals surface area contributed by atoms with Crippen molar-refractivity contribution >= 4 is 16.6 Å². The summed E-state index contributed by atoms with van der Waals surface area (Å²) in [5.74, 6) is 0.633. The van der Waals surface area contributed by atoms with E-state index < -0.39 is 0 Å². The standard InChI is InChI=1S/C20H25N5O2/c1-15-4-6-17(7-5-15)24-12-10-23(11-13-24)8-3-9-25-20(26)19-18(14-21-25)16(2)27-22-19/h4-7,14H,3,8-13H2,1-2H3. The predicted molar refractivity (Wildman–Crippen MR) is 105 cm³/mol. The largest absolute Gasteiger partial charge is 0.369 e. The van der Waals surface area contributed by atoms with Gasteiger partial charge in [0.25, 0.3) is 5.56 Å². The first kappa shape index (κ1) is 17.7. The van der Waals surface area contributed by atoms with Crippen LogP contribution in [-0.4, -0.2) is 52.6 Å². The third-order valence-corrected chi connectivity index (χ3v) is 5.29. The van der Waals surface area contributed by atoms with Gasteiger partial charge in [-0.25, -0.2) is 4.68 Å². The molecule has 0 amide bonds. The van der Waals surface area contributed by atoms with Crippen molar-refractivity contribution in [2.24, 2.45) is 0 Å². The molecule has 0 spiro atoms. The number of hydrogen-bond donors (Lipinski definition) is 0. The fraction of sp³-hybridized carbons (Fsp3) is 0.450. The maximum Gasteiger partial charge on any atom is 0.296 e. The van der Waals surface area contributed by atoms with Crippen LogP contribution in [0.3, 0.4) is 0 Å². The lowest BCUT2D eigenvalue weighted by atomic mass is 10.2. The smallest absolute Gasteiger partial charge is 0.296 e. The summed E-state index contributed by atoms with van der Waals surface area (Å²) < 4.78 is 6.58. The third kappa shape index (κ3) is 3.73. The van der Waals surface area contributed by atoms with Crippen molar-refractivity contribution < 1.29 is 4.52 Å². The zero-order valence-electron chi connectivity index (χ0n) is 15.9. The van der Waals surface area contributed by atoms with Gasteiger partial charge in [0.1, 0.15) is 5.76 Å². The molecule has 0 aliphatic carbocycles. The van der Waals surface area contributed by atoms with Gasteiger partial charge in [-0.2, -0.15) is 5.10 Å². The van der Waals surface area contributed by atoms with Crippen molar-refractivity contribution in [1.82, 2.24) is 19.8 Å². The highest BCUT2D eigenvalue weighted by molar-refractivity contribution is 5.77. The second kappa shape index (κ2) is 7.52. The van der Waals surface area contributed by atoms with Gasteiger partial charge in [0.05, 0.1) is 11.6 Å². The number of anilines is 1. The highest BCUT2D eigenvalue weighted by Gasteiger charge is 2.17. The number of nitrogens with zero attached hydrogens (tertiary/aromatic N) is 5. The third-order valence-electron chi connectivity index (χ3n) is 5.29. The normalized spacial score (nSPS) is 15.6. The van der Waals surface area contributed by atoms with Crippen LogP contribution >= 0.6 is 0 Å². The van der Waals surface area contributed by atoms with Gasteiger partial charge in [-0.1, -0.05) is 22.9 Å². The highest BCUT2D eigenvalue weighted by Crippen LogP contribution is 2.17. The van der Waals surface area contributed by atoms with E-state index in [9.17, 15) is 4.79 Å². The Bertz CT molecular complexity index is 968. The van der Waals surface area contributed by atoms with Crippen LogP contribution in [0.25, 0.3) is 10.9 Å². The second-order valence-electron chi connectivity index (χ2n) is 7.19. The molecule has 0 saturated carbocycles. The molecule has 3 heterocycles. The summed E-state index contributed by atoms with van der Waals surface area (Å²) in [4.78, 5) is 17.3. The molecule has 1 saturated heterocycles. The van der Waals surface area contributed by atoms with E-state index in [1.54, 1.807) is 13.1 Å². The molecular weight excluding hydrogens is 342 g/mol. The summed E-state index contributed by atoms with van der Waals surface area (Å²) >= 11 is 0. The number of aromatic nitrogens is 3. The Morgan fingerprint density at radius 1 is 1.04 bits per heavy atom. The van der Waals surface area contributed by atoms with E-state index in [1.807, 2.05) is 0 Å². The molecule has 27 heavy (non-hydrogen) atoms. The lowest BCUT2D eigenvalue weighted by Crippen LogP contribution is -2.46. The van der Waals surface area contributed by atoms with Crippen LogP contribution in [0.1, 0.15) is 17.7 Å². The molecule has 3 aromatic rings. The van der Waals surface area contributed by atoms with Gasteiger partial charge in [-0.3, -0.25) is 9.69 Å². The van der Waals surface area contributed by atoms with Crippen LogP contribution in [-0.2, 0) is 6.54 Å². The Kier molecular flexibility index (Phi) is 4.94. The molecule has 0 unspecified atom stereocenters. The minimum atomic E-state index is -0.173. The summed E-state index contributed by atoms with van der Waals surface area (Å²) in [6, 6.07) is 8.73. The topological polar surface area (TPSA) is 67.4 Å². The zero-order chi connectivity index (χ0) is 18.8. The Morgan fingerprint density at radius 2 is 1.78 bits per heavy atom. The average Bonchev–Trinajstić information content (AvgIpc) is 3.07. The molecular formula is C20H25N5O2. The molecule has 0 atom stereocenters. The first-order chi connectivity index (χ1) is 13.1. The molecule has 142 valence electrons. The maximum absolute atomic E-state index is 12.4. The molecule has 4 rings (SSSR count). The van der Waals surface area contributed by atoms with Crippen LogP contribution in [0.15, 0.2) is 39.8 Å². The van der Waals surface area contributed by atoms with E-state index in [1.165, 1.54) is 15.9 Å². The van der Waals surface area contributed by atoms with Gasteiger partial charge in [0, 0.05) is 45.0 Å². The first-order valence-corrected chi connectivity index (χ1v) is 9.48. The van der Waals surface area contributed by atoms with Gasteiger partial charge in [0.2, 0.25) is 0 Å². The van der Waals surface area contributed by atoms with Gasteiger partial charge in [-0.15, -0.1) is 0 Å². The van der Waals surface area contributed by atoms with Crippen LogP contribution in [0.5, 0.6) is 0 Å². The van der Waals surface area contributed by atoms with Crippen LogP contribution in [0, 0.1) is 13.8 Å². The van der Waals surface area contributed by atoms with Crippen molar-refractivity contribution in [3.05, 3.63) is 52.1 Å². The summed E-state index contributed by atoms with van der Waals surface area (Å²) in [5, 5.41) is 8.81. The Balaban J connectivity index is 1.29. The number of piperazine rings is 1. The monoisotopic (exact) mass is 367 g/mol. The highest BCUT2D eigenvalue weighted by atomic mass is 16.5. The van der Waals surface area contributed by atoms with Crippen molar-refractivity contribution in [2.75, 3.05) is 37.6 Å². The second-order valence-corrected chi connectivity index (χ2v) is 7.19. The van der Waals surface area contributed by atoms with E-state index in [4.69, 9.17) is 4.52 Å². The molecule has 0 bridgehead atoms. The Labute approximate surface area is 158 Å². The first-order valence-electron chi connectivity index (χ1n) is 9.48. The number of benzene rings is 1. The van der Waals surface area contributed by atoms with E-state index in [0.29, 0.717) is 23.2 Å². The number of rotatable bonds is 5. The maximum atomic E-state index is 12.4. The zero-order valence-corrected chi connectivity index (χ0v) is 15.9. The van der Waals surface area contributed by atoms with Crippen LogP contribution in [0.4, 0.5) is 5.69 Å². The molecule has 1 aliphatic rings. The fourth-order valence-corrected chi connectivity index (χ4v) is 3.58. The van der Waals surface area contributed by atoms with Crippen molar-refractivity contribution in [1.29, 1.82) is 0 Å². The Morgan fingerprint density at radius 3 is 2.52 bits per heavy atom. The molecule has 7 heteroatoms.